The highest BCUT2D eigenvalue weighted by atomic mass is 79.9. The first-order valence-corrected chi connectivity index (χ1v) is 7.39. The first-order chi connectivity index (χ1) is 9.19. The second-order valence-corrected chi connectivity index (χ2v) is 6.64. The summed E-state index contributed by atoms with van der Waals surface area (Å²) in [5.41, 5.74) is -0.816. The monoisotopic (exact) mass is 407 g/mol. The topological polar surface area (TPSA) is 75.6 Å². The zero-order valence-corrected chi connectivity index (χ0v) is 14.2. The van der Waals surface area contributed by atoms with Crippen molar-refractivity contribution in [2.24, 2.45) is 0 Å². The molecule has 1 aromatic carbocycles. The summed E-state index contributed by atoms with van der Waals surface area (Å²) in [6, 6.07) is 5.33. The maximum atomic E-state index is 11.7. The third-order valence-electron chi connectivity index (χ3n) is 2.32. The molecule has 5 nitrogen and oxygen atoms in total. The van der Waals surface area contributed by atoms with Gasteiger partial charge in [0.2, 0.25) is 0 Å². The number of nitrogens with one attached hydrogen (secondary N) is 1. The lowest BCUT2D eigenvalue weighted by molar-refractivity contribution is -0.138. The van der Waals surface area contributed by atoms with Crippen LogP contribution in [0.4, 0.5) is 0 Å². The number of hydrogen-bond donors (Lipinski definition) is 2. The van der Waals surface area contributed by atoms with Crippen molar-refractivity contribution < 1.29 is 19.4 Å². The van der Waals surface area contributed by atoms with E-state index >= 15 is 0 Å². The highest BCUT2D eigenvalue weighted by Crippen LogP contribution is 2.28. The molecule has 0 fully saturated rings. The predicted molar refractivity (Wildman–Crippen MR) is 81.8 cm³/mol. The molecule has 0 bridgehead atoms. The van der Waals surface area contributed by atoms with Crippen LogP contribution in [-0.4, -0.2) is 29.1 Å². The van der Waals surface area contributed by atoms with Gasteiger partial charge >= 0.3 is 5.97 Å². The Hall–Kier alpha value is -1.08. The Morgan fingerprint density at radius 1 is 1.35 bits per heavy atom. The number of ether oxygens (including phenoxy) is 1. The molecule has 2 N–H and O–H groups in total. The smallest absolute Gasteiger partial charge is 0.305 e. The number of carboxylic acids is 1. The third-order valence-corrected chi connectivity index (χ3v) is 3.44. The average Bonchev–Trinajstić information content (AvgIpc) is 2.24. The standard InChI is InChI=1S/C13H15Br2NO4/c1-13(2,6-12(18)19)16-11(17)7-20-10-4-3-8(14)5-9(10)15/h3-5H,6-7H2,1-2H3,(H,16,17)(H,18,19). The van der Waals surface area contributed by atoms with Gasteiger partial charge in [0, 0.05) is 10.0 Å². The number of aliphatic carboxylic acids is 1. The van der Waals surface area contributed by atoms with E-state index in [1.807, 2.05) is 6.07 Å². The number of benzene rings is 1. The maximum Gasteiger partial charge on any atom is 0.305 e. The summed E-state index contributed by atoms with van der Waals surface area (Å²) >= 11 is 6.65. The minimum absolute atomic E-state index is 0.152. The summed E-state index contributed by atoms with van der Waals surface area (Å²) in [7, 11) is 0. The molecule has 0 aliphatic rings. The van der Waals surface area contributed by atoms with Crippen LogP contribution in [0.15, 0.2) is 27.1 Å². The molecule has 0 unspecified atom stereocenters. The van der Waals surface area contributed by atoms with Crippen molar-refractivity contribution >= 4 is 43.7 Å². The number of rotatable bonds is 6. The Labute approximate surface area is 134 Å². The van der Waals surface area contributed by atoms with Gasteiger partial charge in [-0.15, -0.1) is 0 Å². The first kappa shape index (κ1) is 17.0. The molecular formula is C13H15Br2NO4. The summed E-state index contributed by atoms with van der Waals surface area (Å²) in [4.78, 5) is 22.4. The number of hydrogen-bond acceptors (Lipinski definition) is 3. The van der Waals surface area contributed by atoms with E-state index in [-0.39, 0.29) is 18.9 Å². The van der Waals surface area contributed by atoms with Gasteiger partial charge in [0.05, 0.1) is 10.9 Å². The number of halogens is 2. The molecule has 1 aromatic rings. The van der Waals surface area contributed by atoms with Crippen LogP contribution in [0.1, 0.15) is 20.3 Å². The van der Waals surface area contributed by atoms with Crippen LogP contribution in [-0.2, 0) is 9.59 Å². The molecule has 0 heterocycles. The van der Waals surface area contributed by atoms with E-state index in [9.17, 15) is 9.59 Å². The van der Waals surface area contributed by atoms with Crippen LogP contribution < -0.4 is 10.1 Å². The SMILES string of the molecule is CC(C)(CC(=O)O)NC(=O)COc1ccc(Br)cc1Br. The van der Waals surface area contributed by atoms with Crippen molar-refractivity contribution in [1.82, 2.24) is 5.32 Å². The molecule has 1 rings (SSSR count). The maximum absolute atomic E-state index is 11.7. The van der Waals surface area contributed by atoms with Crippen molar-refractivity contribution in [3.63, 3.8) is 0 Å². The van der Waals surface area contributed by atoms with Gasteiger partial charge in [0.15, 0.2) is 6.61 Å². The van der Waals surface area contributed by atoms with Crippen molar-refractivity contribution in [2.45, 2.75) is 25.8 Å². The molecule has 0 spiro atoms. The van der Waals surface area contributed by atoms with Crippen LogP contribution >= 0.6 is 31.9 Å². The fourth-order valence-electron chi connectivity index (χ4n) is 1.57. The summed E-state index contributed by atoms with van der Waals surface area (Å²) in [6.45, 7) is 3.12. The minimum atomic E-state index is -0.966. The van der Waals surface area contributed by atoms with Gasteiger partial charge in [-0.25, -0.2) is 0 Å². The van der Waals surface area contributed by atoms with Crippen molar-refractivity contribution in [1.29, 1.82) is 0 Å². The molecule has 0 radical (unpaired) electrons. The number of carboxylic acid groups (broad SMARTS) is 1. The van der Waals surface area contributed by atoms with E-state index in [0.29, 0.717) is 5.75 Å². The first-order valence-electron chi connectivity index (χ1n) is 5.80. The van der Waals surface area contributed by atoms with Gasteiger partial charge in [-0.3, -0.25) is 9.59 Å². The fourth-order valence-corrected chi connectivity index (χ4v) is 2.73. The zero-order valence-electron chi connectivity index (χ0n) is 11.1. The second kappa shape index (κ2) is 7.08. The predicted octanol–water partition coefficient (Wildman–Crippen LogP) is 2.96. The molecule has 0 atom stereocenters. The van der Waals surface area contributed by atoms with Crippen LogP contribution in [0.2, 0.25) is 0 Å². The fraction of sp³-hybridized carbons (Fsp3) is 0.385. The summed E-state index contributed by atoms with van der Waals surface area (Å²) in [5, 5.41) is 11.4. The summed E-state index contributed by atoms with van der Waals surface area (Å²) in [5.74, 6) is -0.794. The Bertz CT molecular complexity index is 517. The quantitative estimate of drug-likeness (QED) is 0.758. The normalized spacial score (nSPS) is 11.0. The van der Waals surface area contributed by atoms with Crippen molar-refractivity contribution in [2.75, 3.05) is 6.61 Å². The Morgan fingerprint density at radius 3 is 2.55 bits per heavy atom. The van der Waals surface area contributed by atoms with Crippen LogP contribution in [0, 0.1) is 0 Å². The molecule has 110 valence electrons. The van der Waals surface area contributed by atoms with E-state index in [4.69, 9.17) is 9.84 Å². The Morgan fingerprint density at radius 2 is 2.00 bits per heavy atom. The molecule has 7 heteroatoms. The molecule has 1 amide bonds. The zero-order chi connectivity index (χ0) is 15.3. The molecular weight excluding hydrogens is 394 g/mol. The van der Waals surface area contributed by atoms with Gasteiger partial charge < -0.3 is 15.2 Å². The van der Waals surface area contributed by atoms with Crippen molar-refractivity contribution in [3.05, 3.63) is 27.1 Å². The van der Waals surface area contributed by atoms with Gasteiger partial charge in [-0.2, -0.15) is 0 Å². The van der Waals surface area contributed by atoms with Crippen LogP contribution in [0.25, 0.3) is 0 Å². The van der Waals surface area contributed by atoms with Gasteiger partial charge in [-0.05, 0) is 48.0 Å². The number of amides is 1. The van der Waals surface area contributed by atoms with Crippen molar-refractivity contribution in [3.8, 4) is 5.75 Å². The van der Waals surface area contributed by atoms with E-state index in [0.717, 1.165) is 8.95 Å². The van der Waals surface area contributed by atoms with E-state index in [2.05, 4.69) is 37.2 Å². The molecule has 0 saturated carbocycles. The Balaban J connectivity index is 2.53. The van der Waals surface area contributed by atoms with Crippen LogP contribution in [0.5, 0.6) is 5.75 Å². The molecule has 0 aliphatic carbocycles. The minimum Gasteiger partial charge on any atom is -0.483 e. The van der Waals surface area contributed by atoms with Crippen LogP contribution in [0.3, 0.4) is 0 Å². The highest BCUT2D eigenvalue weighted by molar-refractivity contribution is 9.11. The number of carbonyl (C=O) groups excluding carboxylic acids is 1. The summed E-state index contributed by atoms with van der Waals surface area (Å²) < 4.78 is 7.00. The lowest BCUT2D eigenvalue weighted by Crippen LogP contribution is -2.46. The lowest BCUT2D eigenvalue weighted by atomic mass is 10.0. The molecule has 0 aromatic heterocycles. The van der Waals surface area contributed by atoms with E-state index < -0.39 is 11.5 Å². The van der Waals surface area contributed by atoms with E-state index in [1.165, 1.54) is 0 Å². The largest absolute Gasteiger partial charge is 0.483 e. The van der Waals surface area contributed by atoms with Gasteiger partial charge in [-0.1, -0.05) is 15.9 Å². The van der Waals surface area contributed by atoms with Gasteiger partial charge in [0.1, 0.15) is 5.75 Å². The molecule has 0 aliphatic heterocycles. The third kappa shape index (κ3) is 5.92. The Kier molecular flexibility index (Phi) is 6.01. The highest BCUT2D eigenvalue weighted by Gasteiger charge is 2.24. The average molecular weight is 409 g/mol. The second-order valence-electron chi connectivity index (χ2n) is 4.87. The van der Waals surface area contributed by atoms with E-state index in [1.54, 1.807) is 26.0 Å². The number of carbonyl (C=O) groups is 2. The lowest BCUT2D eigenvalue weighted by Gasteiger charge is -2.24. The molecule has 20 heavy (non-hydrogen) atoms. The van der Waals surface area contributed by atoms with Gasteiger partial charge in [0.25, 0.3) is 5.91 Å². The summed E-state index contributed by atoms with van der Waals surface area (Å²) in [6.07, 6.45) is -0.152. The molecule has 0 saturated heterocycles.